The molecule has 0 radical (unpaired) electrons. The largest absolute Gasteiger partial charge is 0.266 e. The molecule has 0 amide bonds. The van der Waals surface area contributed by atoms with Gasteiger partial charge in [-0.15, -0.1) is 0 Å². The second-order valence-electron chi connectivity index (χ2n) is 5.45. The van der Waals surface area contributed by atoms with Crippen molar-refractivity contribution in [3.8, 4) is 11.3 Å². The highest BCUT2D eigenvalue weighted by Gasteiger charge is 2.22. The summed E-state index contributed by atoms with van der Waals surface area (Å²) in [5, 5.41) is 4.89. The van der Waals surface area contributed by atoms with Crippen LogP contribution in [-0.2, 0) is 0 Å². The van der Waals surface area contributed by atoms with Crippen molar-refractivity contribution in [2.45, 2.75) is 45.6 Å². The van der Waals surface area contributed by atoms with Gasteiger partial charge in [0.05, 0.1) is 11.7 Å². The predicted octanol–water partition coefficient (Wildman–Crippen LogP) is 5.04. The van der Waals surface area contributed by atoms with Gasteiger partial charge in [-0.2, -0.15) is 5.10 Å². The minimum absolute atomic E-state index is 0.614. The molecule has 100 valence electrons. The van der Waals surface area contributed by atoms with Gasteiger partial charge in [0, 0.05) is 15.7 Å². The van der Waals surface area contributed by atoms with Crippen molar-refractivity contribution in [3.63, 3.8) is 0 Å². The van der Waals surface area contributed by atoms with Crippen LogP contribution in [0.2, 0.25) is 0 Å². The molecular weight excluding hydrogens is 300 g/mol. The molecule has 0 aliphatic heterocycles. The summed E-state index contributed by atoms with van der Waals surface area (Å²) < 4.78 is 3.38. The molecule has 19 heavy (non-hydrogen) atoms. The van der Waals surface area contributed by atoms with E-state index in [2.05, 4.69) is 58.7 Å². The van der Waals surface area contributed by atoms with E-state index in [1.807, 2.05) is 0 Å². The first-order valence-electron chi connectivity index (χ1n) is 6.98. The normalized spacial score (nSPS) is 16.2. The summed E-state index contributed by atoms with van der Waals surface area (Å²) in [6.07, 6.45) is 5.25. The smallest absolute Gasteiger partial charge is 0.0955 e. The Labute approximate surface area is 123 Å². The summed E-state index contributed by atoms with van der Waals surface area (Å²) >= 11 is 3.48. The molecule has 0 N–H and O–H groups in total. The lowest BCUT2D eigenvalue weighted by Crippen LogP contribution is -2.08. The Bertz CT molecular complexity index is 578. The maximum Gasteiger partial charge on any atom is 0.0955 e. The minimum Gasteiger partial charge on any atom is -0.266 e. The fourth-order valence-electron chi connectivity index (χ4n) is 2.99. The molecule has 1 aromatic heterocycles. The minimum atomic E-state index is 0.614. The Kier molecular flexibility index (Phi) is 3.48. The van der Waals surface area contributed by atoms with Gasteiger partial charge in [-0.25, -0.2) is 0 Å². The van der Waals surface area contributed by atoms with Gasteiger partial charge >= 0.3 is 0 Å². The number of halogens is 1. The SMILES string of the molecule is Cc1c(-c2ccc(Br)cc2)nn(C2CCCC2)c1C. The van der Waals surface area contributed by atoms with E-state index in [0.29, 0.717) is 6.04 Å². The predicted molar refractivity (Wildman–Crippen MR) is 82.3 cm³/mol. The third-order valence-electron chi connectivity index (χ3n) is 4.24. The van der Waals surface area contributed by atoms with Crippen LogP contribution in [0.5, 0.6) is 0 Å². The maximum atomic E-state index is 4.89. The number of rotatable bonds is 2. The van der Waals surface area contributed by atoms with E-state index >= 15 is 0 Å². The van der Waals surface area contributed by atoms with Crippen LogP contribution >= 0.6 is 15.9 Å². The molecule has 3 heteroatoms. The average molecular weight is 319 g/mol. The van der Waals surface area contributed by atoms with Crippen LogP contribution in [0.1, 0.15) is 43.0 Å². The highest BCUT2D eigenvalue weighted by atomic mass is 79.9. The van der Waals surface area contributed by atoms with Crippen LogP contribution in [0.3, 0.4) is 0 Å². The van der Waals surface area contributed by atoms with Crippen LogP contribution < -0.4 is 0 Å². The zero-order valence-corrected chi connectivity index (χ0v) is 13.1. The summed E-state index contributed by atoms with van der Waals surface area (Å²) in [6.45, 7) is 4.38. The van der Waals surface area contributed by atoms with Crippen molar-refractivity contribution < 1.29 is 0 Å². The summed E-state index contributed by atoms with van der Waals surface area (Å²) in [6, 6.07) is 9.05. The van der Waals surface area contributed by atoms with Gasteiger partial charge in [0.25, 0.3) is 0 Å². The zero-order valence-electron chi connectivity index (χ0n) is 11.5. The van der Waals surface area contributed by atoms with Gasteiger partial charge in [0.2, 0.25) is 0 Å². The Balaban J connectivity index is 2.02. The first-order valence-corrected chi connectivity index (χ1v) is 7.78. The topological polar surface area (TPSA) is 17.8 Å². The lowest BCUT2D eigenvalue weighted by atomic mass is 10.1. The maximum absolute atomic E-state index is 4.89. The fraction of sp³-hybridized carbons (Fsp3) is 0.438. The second kappa shape index (κ2) is 5.12. The quantitative estimate of drug-likeness (QED) is 0.758. The molecule has 2 nitrogen and oxygen atoms in total. The van der Waals surface area contributed by atoms with Crippen LogP contribution in [0.25, 0.3) is 11.3 Å². The molecule has 1 aliphatic rings. The Hall–Kier alpha value is -1.09. The molecule has 0 spiro atoms. The molecule has 0 saturated heterocycles. The molecule has 1 aliphatic carbocycles. The van der Waals surface area contributed by atoms with Gasteiger partial charge in [-0.1, -0.05) is 40.9 Å². The van der Waals surface area contributed by atoms with Crippen LogP contribution in [0.15, 0.2) is 28.7 Å². The van der Waals surface area contributed by atoms with Gasteiger partial charge < -0.3 is 0 Å². The summed E-state index contributed by atoms with van der Waals surface area (Å²) in [4.78, 5) is 0. The van der Waals surface area contributed by atoms with Crippen molar-refractivity contribution in [1.82, 2.24) is 9.78 Å². The van der Waals surface area contributed by atoms with Crippen molar-refractivity contribution in [3.05, 3.63) is 40.0 Å². The van der Waals surface area contributed by atoms with Gasteiger partial charge in [-0.05, 0) is 44.4 Å². The first kappa shape index (κ1) is 12.9. The third-order valence-corrected chi connectivity index (χ3v) is 4.77. The molecule has 0 atom stereocenters. The van der Waals surface area contributed by atoms with E-state index in [4.69, 9.17) is 5.10 Å². The van der Waals surface area contributed by atoms with E-state index in [9.17, 15) is 0 Å². The van der Waals surface area contributed by atoms with Crippen molar-refractivity contribution in [2.24, 2.45) is 0 Å². The van der Waals surface area contributed by atoms with Crippen molar-refractivity contribution in [2.75, 3.05) is 0 Å². The number of benzene rings is 1. The van der Waals surface area contributed by atoms with Crippen LogP contribution in [0, 0.1) is 13.8 Å². The van der Waals surface area contributed by atoms with E-state index in [1.54, 1.807) is 0 Å². The Morgan fingerprint density at radius 1 is 1.11 bits per heavy atom. The number of hydrogen-bond acceptors (Lipinski definition) is 1. The monoisotopic (exact) mass is 318 g/mol. The first-order chi connectivity index (χ1) is 9.16. The number of hydrogen-bond donors (Lipinski definition) is 0. The lowest BCUT2D eigenvalue weighted by Gasteiger charge is -2.11. The molecular formula is C16H19BrN2. The van der Waals surface area contributed by atoms with Gasteiger partial charge in [0.1, 0.15) is 0 Å². The van der Waals surface area contributed by atoms with Crippen molar-refractivity contribution in [1.29, 1.82) is 0 Å². The second-order valence-corrected chi connectivity index (χ2v) is 6.36. The Morgan fingerprint density at radius 3 is 2.37 bits per heavy atom. The molecule has 0 unspecified atom stereocenters. The Morgan fingerprint density at radius 2 is 1.74 bits per heavy atom. The summed E-state index contributed by atoms with van der Waals surface area (Å²) in [5.41, 5.74) is 4.98. The van der Waals surface area contributed by atoms with Crippen LogP contribution in [-0.4, -0.2) is 9.78 Å². The summed E-state index contributed by atoms with van der Waals surface area (Å²) in [5.74, 6) is 0. The molecule has 1 saturated carbocycles. The molecule has 1 fully saturated rings. The standard InChI is InChI=1S/C16H19BrN2/c1-11-12(2)19(15-5-3-4-6-15)18-16(11)13-7-9-14(17)10-8-13/h7-10,15H,3-6H2,1-2H3. The molecule has 1 heterocycles. The lowest BCUT2D eigenvalue weighted by molar-refractivity contribution is 0.457. The third kappa shape index (κ3) is 2.36. The highest BCUT2D eigenvalue weighted by molar-refractivity contribution is 9.10. The van der Waals surface area contributed by atoms with Gasteiger partial charge in [0.15, 0.2) is 0 Å². The number of nitrogens with zero attached hydrogens (tertiary/aromatic N) is 2. The molecule has 1 aromatic carbocycles. The molecule has 2 aromatic rings. The van der Waals surface area contributed by atoms with Gasteiger partial charge in [-0.3, -0.25) is 4.68 Å². The molecule has 3 rings (SSSR count). The fourth-order valence-corrected chi connectivity index (χ4v) is 3.25. The van der Waals surface area contributed by atoms with E-state index in [0.717, 1.165) is 10.2 Å². The average Bonchev–Trinajstić information content (AvgIpc) is 3.02. The van der Waals surface area contributed by atoms with Crippen molar-refractivity contribution >= 4 is 15.9 Å². The van der Waals surface area contributed by atoms with Crippen LogP contribution in [0.4, 0.5) is 0 Å². The highest BCUT2D eigenvalue weighted by Crippen LogP contribution is 2.33. The summed E-state index contributed by atoms with van der Waals surface area (Å²) in [7, 11) is 0. The van der Waals surface area contributed by atoms with E-state index < -0.39 is 0 Å². The number of aromatic nitrogens is 2. The van der Waals surface area contributed by atoms with E-state index in [-0.39, 0.29) is 0 Å². The zero-order chi connectivity index (χ0) is 13.4. The van der Waals surface area contributed by atoms with E-state index in [1.165, 1.54) is 42.5 Å². The molecule has 0 bridgehead atoms.